The van der Waals surface area contributed by atoms with Gasteiger partial charge in [0, 0.05) is 18.7 Å². The number of nitrogens with one attached hydrogen (secondary N) is 2. The fourth-order valence-electron chi connectivity index (χ4n) is 3.45. The molecule has 0 aliphatic carbocycles. The van der Waals surface area contributed by atoms with Crippen molar-refractivity contribution in [1.82, 2.24) is 10.2 Å². The lowest BCUT2D eigenvalue weighted by molar-refractivity contribution is -0.127. The van der Waals surface area contributed by atoms with Crippen molar-refractivity contribution in [2.24, 2.45) is 0 Å². The zero-order valence-corrected chi connectivity index (χ0v) is 18.6. The number of methoxy groups -OCH3 is 1. The minimum atomic E-state index is -0.745. The van der Waals surface area contributed by atoms with Crippen LogP contribution in [0.3, 0.4) is 0 Å². The first-order valence-corrected chi connectivity index (χ1v) is 10.7. The van der Waals surface area contributed by atoms with Crippen molar-refractivity contribution in [3.63, 3.8) is 0 Å². The highest BCUT2D eigenvalue weighted by Crippen LogP contribution is 2.16. The molecule has 0 spiro atoms. The van der Waals surface area contributed by atoms with Crippen LogP contribution in [0.1, 0.15) is 35.7 Å². The Hall–Kier alpha value is -3.88. The van der Waals surface area contributed by atoms with Crippen molar-refractivity contribution in [2.45, 2.75) is 32.2 Å². The number of anilines is 1. The Bertz CT molecular complexity index is 1020. The number of carbonyl (C=O) groups is 4. The SMILES string of the molecule is CCOC(=O)c1cccc(NC(=O)CCC2NC(=O)N(CCc3ccc(OC)cc3)C2=O)c1. The van der Waals surface area contributed by atoms with E-state index in [4.69, 9.17) is 9.47 Å². The topological polar surface area (TPSA) is 114 Å². The number of nitrogens with zero attached hydrogens (tertiary/aromatic N) is 1. The molecule has 0 saturated carbocycles. The predicted octanol–water partition coefficient (Wildman–Crippen LogP) is 2.75. The van der Waals surface area contributed by atoms with Gasteiger partial charge in [-0.2, -0.15) is 0 Å². The molecule has 1 saturated heterocycles. The maximum Gasteiger partial charge on any atom is 0.338 e. The summed E-state index contributed by atoms with van der Waals surface area (Å²) >= 11 is 0. The number of ether oxygens (including phenoxy) is 2. The first-order chi connectivity index (χ1) is 15.9. The van der Waals surface area contributed by atoms with Gasteiger partial charge >= 0.3 is 12.0 Å². The van der Waals surface area contributed by atoms with Gasteiger partial charge in [-0.25, -0.2) is 9.59 Å². The number of hydrogen-bond acceptors (Lipinski definition) is 6. The Morgan fingerprint density at radius 3 is 2.58 bits per heavy atom. The maximum absolute atomic E-state index is 12.6. The largest absolute Gasteiger partial charge is 0.497 e. The van der Waals surface area contributed by atoms with Crippen LogP contribution < -0.4 is 15.4 Å². The molecule has 3 rings (SSSR count). The van der Waals surface area contributed by atoms with Crippen LogP contribution in [0.5, 0.6) is 5.75 Å². The quantitative estimate of drug-likeness (QED) is 0.422. The average Bonchev–Trinajstić information content (AvgIpc) is 3.09. The van der Waals surface area contributed by atoms with Gasteiger partial charge in [0.1, 0.15) is 11.8 Å². The Balaban J connectivity index is 1.48. The fourth-order valence-corrected chi connectivity index (χ4v) is 3.45. The van der Waals surface area contributed by atoms with Gasteiger partial charge in [-0.15, -0.1) is 0 Å². The number of esters is 1. The minimum absolute atomic E-state index is 0.0344. The van der Waals surface area contributed by atoms with Crippen molar-refractivity contribution in [2.75, 3.05) is 25.6 Å². The summed E-state index contributed by atoms with van der Waals surface area (Å²) in [6, 6.07) is 12.6. The van der Waals surface area contributed by atoms with Gasteiger partial charge in [0.15, 0.2) is 0 Å². The second-order valence-electron chi connectivity index (χ2n) is 7.48. The van der Waals surface area contributed by atoms with Crippen LogP contribution in [0.2, 0.25) is 0 Å². The molecule has 2 aromatic rings. The number of benzene rings is 2. The van der Waals surface area contributed by atoms with Gasteiger partial charge in [0.2, 0.25) is 5.91 Å². The van der Waals surface area contributed by atoms with E-state index < -0.39 is 18.0 Å². The number of urea groups is 1. The lowest BCUT2D eigenvalue weighted by atomic mass is 10.1. The highest BCUT2D eigenvalue weighted by atomic mass is 16.5. The third-order valence-corrected chi connectivity index (χ3v) is 5.21. The van der Waals surface area contributed by atoms with Crippen molar-refractivity contribution >= 4 is 29.5 Å². The molecular formula is C24H27N3O6. The Morgan fingerprint density at radius 1 is 1.12 bits per heavy atom. The second-order valence-corrected chi connectivity index (χ2v) is 7.48. The van der Waals surface area contributed by atoms with Gasteiger partial charge in [-0.05, 0) is 55.7 Å². The first-order valence-electron chi connectivity index (χ1n) is 10.7. The summed E-state index contributed by atoms with van der Waals surface area (Å²) in [5.74, 6) is -0.400. The van der Waals surface area contributed by atoms with Crippen LogP contribution in [-0.2, 0) is 20.7 Å². The highest BCUT2D eigenvalue weighted by Gasteiger charge is 2.37. The van der Waals surface area contributed by atoms with Crippen LogP contribution in [0.4, 0.5) is 10.5 Å². The van der Waals surface area contributed by atoms with E-state index >= 15 is 0 Å². The zero-order valence-electron chi connectivity index (χ0n) is 18.6. The van der Waals surface area contributed by atoms with E-state index in [1.54, 1.807) is 32.2 Å². The molecule has 2 N–H and O–H groups in total. The smallest absolute Gasteiger partial charge is 0.338 e. The lowest BCUT2D eigenvalue weighted by Crippen LogP contribution is -2.33. The predicted molar refractivity (Wildman–Crippen MR) is 121 cm³/mol. The normalized spacial score (nSPS) is 15.2. The average molecular weight is 453 g/mol. The molecule has 1 unspecified atom stereocenters. The molecule has 174 valence electrons. The number of amides is 4. The summed E-state index contributed by atoms with van der Waals surface area (Å²) in [6.45, 7) is 2.22. The molecule has 9 nitrogen and oxygen atoms in total. The summed E-state index contributed by atoms with van der Waals surface area (Å²) in [5, 5.41) is 5.34. The van der Waals surface area contributed by atoms with Crippen molar-refractivity contribution in [3.8, 4) is 5.75 Å². The van der Waals surface area contributed by atoms with E-state index in [0.717, 1.165) is 11.3 Å². The zero-order chi connectivity index (χ0) is 23.8. The first kappa shape index (κ1) is 23.8. The molecular weight excluding hydrogens is 426 g/mol. The van der Waals surface area contributed by atoms with Crippen molar-refractivity contribution in [3.05, 3.63) is 59.7 Å². The molecule has 0 radical (unpaired) electrons. The lowest BCUT2D eigenvalue weighted by Gasteiger charge is -2.13. The second kappa shape index (κ2) is 11.1. The molecule has 1 heterocycles. The van der Waals surface area contributed by atoms with Crippen LogP contribution in [0.15, 0.2) is 48.5 Å². The standard InChI is InChI=1S/C24H27N3O6/c1-3-33-23(30)17-5-4-6-18(15-17)25-21(28)12-11-20-22(29)27(24(31)26-20)14-13-16-7-9-19(32-2)10-8-16/h4-10,15,20H,3,11-14H2,1-2H3,(H,25,28)(H,26,31). The molecule has 0 bridgehead atoms. The van der Waals surface area contributed by atoms with Crippen LogP contribution in [0.25, 0.3) is 0 Å². The maximum atomic E-state index is 12.6. The fraction of sp³-hybridized carbons (Fsp3) is 0.333. The molecule has 2 aromatic carbocycles. The highest BCUT2D eigenvalue weighted by molar-refractivity contribution is 6.04. The summed E-state index contributed by atoms with van der Waals surface area (Å²) in [5.41, 5.74) is 1.76. The summed E-state index contributed by atoms with van der Waals surface area (Å²) in [7, 11) is 1.59. The van der Waals surface area contributed by atoms with Gasteiger partial charge in [-0.3, -0.25) is 14.5 Å². The van der Waals surface area contributed by atoms with E-state index in [-0.39, 0.29) is 37.8 Å². The van der Waals surface area contributed by atoms with E-state index in [2.05, 4.69) is 10.6 Å². The molecule has 1 aliphatic rings. The Kier molecular flexibility index (Phi) is 8.01. The Morgan fingerprint density at radius 2 is 1.88 bits per heavy atom. The molecule has 33 heavy (non-hydrogen) atoms. The third kappa shape index (κ3) is 6.31. The summed E-state index contributed by atoms with van der Waals surface area (Å²) in [6.07, 6.45) is 0.729. The summed E-state index contributed by atoms with van der Waals surface area (Å²) in [4.78, 5) is 50.2. The van der Waals surface area contributed by atoms with Gasteiger partial charge in [0.05, 0.1) is 19.3 Å². The molecule has 4 amide bonds. The van der Waals surface area contributed by atoms with E-state index in [1.807, 2.05) is 24.3 Å². The van der Waals surface area contributed by atoms with Crippen LogP contribution in [-0.4, -0.2) is 55.0 Å². The third-order valence-electron chi connectivity index (χ3n) is 5.21. The van der Waals surface area contributed by atoms with Crippen LogP contribution >= 0.6 is 0 Å². The van der Waals surface area contributed by atoms with Gasteiger partial charge < -0.3 is 20.1 Å². The Labute approximate surface area is 192 Å². The number of rotatable bonds is 10. The summed E-state index contributed by atoms with van der Waals surface area (Å²) < 4.78 is 10.1. The van der Waals surface area contributed by atoms with E-state index in [1.165, 1.54) is 11.0 Å². The molecule has 9 heteroatoms. The van der Waals surface area contributed by atoms with Crippen molar-refractivity contribution in [1.29, 1.82) is 0 Å². The molecule has 1 fully saturated rings. The molecule has 0 aromatic heterocycles. The van der Waals surface area contributed by atoms with Crippen molar-refractivity contribution < 1.29 is 28.7 Å². The van der Waals surface area contributed by atoms with E-state index in [9.17, 15) is 19.2 Å². The minimum Gasteiger partial charge on any atom is -0.497 e. The van der Waals surface area contributed by atoms with Crippen LogP contribution in [0, 0.1) is 0 Å². The number of hydrogen-bond donors (Lipinski definition) is 2. The van der Waals surface area contributed by atoms with Gasteiger partial charge in [-0.1, -0.05) is 18.2 Å². The number of carbonyl (C=O) groups excluding carboxylic acids is 4. The molecule has 1 aliphatic heterocycles. The van der Waals surface area contributed by atoms with Gasteiger partial charge in [0.25, 0.3) is 5.91 Å². The number of imide groups is 1. The van der Waals surface area contributed by atoms with E-state index in [0.29, 0.717) is 17.7 Å². The molecule has 1 atom stereocenters. The monoisotopic (exact) mass is 453 g/mol.